The van der Waals surface area contributed by atoms with E-state index in [0.717, 1.165) is 11.1 Å². The van der Waals surface area contributed by atoms with Crippen molar-refractivity contribution < 1.29 is 33.4 Å². The smallest absolute Gasteiger partial charge is 0.407 e. The second-order valence-corrected chi connectivity index (χ2v) is 11.1. The normalized spacial score (nSPS) is 16.6. The third-order valence-electron chi connectivity index (χ3n) is 6.87. The summed E-state index contributed by atoms with van der Waals surface area (Å²) in [7, 11) is 1.31. The van der Waals surface area contributed by atoms with Gasteiger partial charge in [0.15, 0.2) is 0 Å². The number of amides is 2. The van der Waals surface area contributed by atoms with Crippen LogP contribution in [0.5, 0.6) is 0 Å². The summed E-state index contributed by atoms with van der Waals surface area (Å²) in [5.41, 5.74) is 1.94. The fourth-order valence-electron chi connectivity index (χ4n) is 4.77. The van der Waals surface area contributed by atoms with E-state index in [1.807, 2.05) is 60.7 Å². The number of esters is 2. The quantitative estimate of drug-likeness (QED) is 0.234. The minimum atomic E-state index is -0.768. The first kappa shape index (κ1) is 32.9. The maximum Gasteiger partial charge on any atom is 0.407 e. The molecule has 0 saturated carbocycles. The molecule has 11 heteroatoms. The molecule has 2 amide bonds. The molecule has 228 valence electrons. The molecule has 1 saturated heterocycles. The lowest BCUT2D eigenvalue weighted by Gasteiger charge is -2.28. The largest absolute Gasteiger partial charge is 0.467 e. The molecule has 42 heavy (non-hydrogen) atoms. The third kappa shape index (κ3) is 10.4. The fourth-order valence-corrected chi connectivity index (χ4v) is 5.86. The average molecular weight is 600 g/mol. The predicted octanol–water partition coefficient (Wildman–Crippen LogP) is 3.33. The molecule has 0 radical (unpaired) electrons. The summed E-state index contributed by atoms with van der Waals surface area (Å²) in [6.07, 6.45) is 1.31. The van der Waals surface area contributed by atoms with Crippen LogP contribution in [0, 0.1) is 0 Å². The Morgan fingerprint density at radius 2 is 1.64 bits per heavy atom. The van der Waals surface area contributed by atoms with Crippen LogP contribution in [0.1, 0.15) is 37.8 Å². The average Bonchev–Trinajstić information content (AvgIpc) is 3.50. The number of rotatable bonds is 15. The lowest BCUT2D eigenvalue weighted by Crippen LogP contribution is -2.54. The van der Waals surface area contributed by atoms with E-state index in [-0.39, 0.29) is 25.2 Å². The molecule has 3 rings (SSSR count). The molecule has 0 aliphatic carbocycles. The fraction of sp³-hybridized carbons (Fsp3) is 0.484. The Hall–Kier alpha value is -3.57. The molecule has 0 aromatic heterocycles. The molecular formula is C31H41N3O7S. The number of benzene rings is 2. The molecule has 4 atom stereocenters. The van der Waals surface area contributed by atoms with E-state index in [2.05, 4.69) is 10.6 Å². The lowest BCUT2D eigenvalue weighted by atomic mass is 10.1. The van der Waals surface area contributed by atoms with Crippen LogP contribution in [0.25, 0.3) is 0 Å². The first-order valence-electron chi connectivity index (χ1n) is 14.2. The zero-order valence-electron chi connectivity index (χ0n) is 24.5. The zero-order valence-corrected chi connectivity index (χ0v) is 25.3. The van der Waals surface area contributed by atoms with Crippen molar-refractivity contribution >= 4 is 35.7 Å². The number of carbonyl (C=O) groups excluding carboxylic acids is 4. The molecule has 10 nitrogen and oxygen atoms in total. The van der Waals surface area contributed by atoms with E-state index in [9.17, 15) is 19.2 Å². The van der Waals surface area contributed by atoms with Gasteiger partial charge in [-0.05, 0) is 44.2 Å². The molecule has 2 N–H and O–H groups in total. The Labute approximate surface area is 251 Å². The molecule has 1 fully saturated rings. The second-order valence-electron chi connectivity index (χ2n) is 10.0. The van der Waals surface area contributed by atoms with Gasteiger partial charge in [-0.3, -0.25) is 14.9 Å². The van der Waals surface area contributed by atoms with Gasteiger partial charge in [0.25, 0.3) is 0 Å². The van der Waals surface area contributed by atoms with Gasteiger partial charge in [0.2, 0.25) is 5.91 Å². The van der Waals surface area contributed by atoms with Crippen molar-refractivity contribution in [3.8, 4) is 0 Å². The summed E-state index contributed by atoms with van der Waals surface area (Å²) >= 11 is 1.46. The number of hydrogen-bond donors (Lipinski definition) is 2. The van der Waals surface area contributed by atoms with Crippen LogP contribution in [0.15, 0.2) is 60.7 Å². The Bertz CT molecular complexity index is 1150. The van der Waals surface area contributed by atoms with E-state index < -0.39 is 36.2 Å². The monoisotopic (exact) mass is 599 g/mol. The number of nitrogens with one attached hydrogen (secondary N) is 2. The summed E-state index contributed by atoms with van der Waals surface area (Å²) in [5, 5.41) is 6.07. The zero-order chi connectivity index (χ0) is 30.3. The summed E-state index contributed by atoms with van der Waals surface area (Å²) in [6, 6.07) is 16.9. The standard InChI is InChI=1S/C31H41N3O7S/c1-4-40-29(36)26(32-22(2)28(35)34-17-11-16-27(34)30(37)39-3)21-42-20-25(18-23-12-7-5-8-13-23)33-31(38)41-19-24-14-9-6-10-15-24/h5-10,12-15,22,25-27,32H,4,11,16-21H2,1-3H3,(H,33,38)/t22-,25-,26-,27-/m0/s1. The van der Waals surface area contributed by atoms with Crippen LogP contribution in [-0.4, -0.2) is 84.8 Å². The van der Waals surface area contributed by atoms with Crippen LogP contribution in [0.2, 0.25) is 0 Å². The molecule has 0 spiro atoms. The van der Waals surface area contributed by atoms with Crippen LogP contribution >= 0.6 is 11.8 Å². The number of hydrogen-bond acceptors (Lipinski definition) is 9. The minimum Gasteiger partial charge on any atom is -0.467 e. The van der Waals surface area contributed by atoms with Crippen molar-refractivity contribution in [2.45, 2.75) is 63.9 Å². The van der Waals surface area contributed by atoms with E-state index in [1.165, 1.54) is 23.8 Å². The molecule has 1 heterocycles. The first-order chi connectivity index (χ1) is 20.3. The summed E-state index contributed by atoms with van der Waals surface area (Å²) in [4.78, 5) is 52.3. The highest BCUT2D eigenvalue weighted by Gasteiger charge is 2.37. The number of ether oxygens (including phenoxy) is 3. The van der Waals surface area contributed by atoms with Crippen molar-refractivity contribution in [3.05, 3.63) is 71.8 Å². The van der Waals surface area contributed by atoms with Gasteiger partial charge in [-0.1, -0.05) is 60.7 Å². The van der Waals surface area contributed by atoms with Gasteiger partial charge in [-0.2, -0.15) is 11.8 Å². The summed E-state index contributed by atoms with van der Waals surface area (Å²) in [6.45, 7) is 4.21. The van der Waals surface area contributed by atoms with Crippen molar-refractivity contribution in [2.24, 2.45) is 0 Å². The Morgan fingerprint density at radius 3 is 2.29 bits per heavy atom. The molecule has 2 aromatic carbocycles. The minimum absolute atomic E-state index is 0.159. The highest BCUT2D eigenvalue weighted by Crippen LogP contribution is 2.20. The molecule has 0 bridgehead atoms. The van der Waals surface area contributed by atoms with E-state index in [0.29, 0.717) is 37.3 Å². The van der Waals surface area contributed by atoms with Gasteiger partial charge in [-0.25, -0.2) is 9.59 Å². The maximum absolute atomic E-state index is 13.2. The Morgan fingerprint density at radius 1 is 0.976 bits per heavy atom. The highest BCUT2D eigenvalue weighted by atomic mass is 32.2. The van der Waals surface area contributed by atoms with Crippen LogP contribution in [0.3, 0.4) is 0 Å². The van der Waals surface area contributed by atoms with Crippen LogP contribution in [-0.2, 0) is 41.6 Å². The van der Waals surface area contributed by atoms with Gasteiger partial charge in [0.05, 0.1) is 19.8 Å². The molecular weight excluding hydrogens is 558 g/mol. The highest BCUT2D eigenvalue weighted by molar-refractivity contribution is 7.99. The van der Waals surface area contributed by atoms with E-state index in [4.69, 9.17) is 14.2 Å². The van der Waals surface area contributed by atoms with Crippen molar-refractivity contribution in [1.29, 1.82) is 0 Å². The van der Waals surface area contributed by atoms with Gasteiger partial charge in [0.1, 0.15) is 18.7 Å². The second kappa shape index (κ2) is 17.4. The van der Waals surface area contributed by atoms with E-state index >= 15 is 0 Å². The van der Waals surface area contributed by atoms with Gasteiger partial charge >= 0.3 is 18.0 Å². The summed E-state index contributed by atoms with van der Waals surface area (Å²) in [5.74, 6) is -0.378. The SMILES string of the molecule is CCOC(=O)[C@H](CSC[C@H](Cc1ccccc1)NC(=O)OCc1ccccc1)N[C@@H](C)C(=O)N1CCC[C@H]1C(=O)OC. The number of carbonyl (C=O) groups is 4. The van der Waals surface area contributed by atoms with E-state index in [1.54, 1.807) is 13.8 Å². The van der Waals surface area contributed by atoms with Crippen molar-refractivity contribution in [1.82, 2.24) is 15.5 Å². The first-order valence-corrected chi connectivity index (χ1v) is 15.4. The Balaban J connectivity index is 1.60. The number of likely N-dealkylation sites (tertiary alicyclic amines) is 1. The molecule has 1 aliphatic heterocycles. The van der Waals surface area contributed by atoms with Gasteiger partial charge in [0, 0.05) is 24.1 Å². The Kier molecular flexibility index (Phi) is 13.6. The topological polar surface area (TPSA) is 123 Å². The number of nitrogens with zero attached hydrogens (tertiary/aromatic N) is 1. The van der Waals surface area contributed by atoms with Gasteiger partial charge < -0.3 is 24.4 Å². The number of alkyl carbamates (subject to hydrolysis) is 1. The molecule has 1 aliphatic rings. The van der Waals surface area contributed by atoms with Crippen LogP contribution in [0.4, 0.5) is 4.79 Å². The number of thioether (sulfide) groups is 1. The van der Waals surface area contributed by atoms with Gasteiger partial charge in [-0.15, -0.1) is 0 Å². The van der Waals surface area contributed by atoms with Crippen molar-refractivity contribution in [3.63, 3.8) is 0 Å². The maximum atomic E-state index is 13.2. The van der Waals surface area contributed by atoms with Crippen LogP contribution < -0.4 is 10.6 Å². The molecule has 2 aromatic rings. The molecule has 0 unspecified atom stereocenters. The number of methoxy groups -OCH3 is 1. The predicted molar refractivity (Wildman–Crippen MR) is 161 cm³/mol. The lowest BCUT2D eigenvalue weighted by molar-refractivity contribution is -0.152. The third-order valence-corrected chi connectivity index (χ3v) is 8.07. The van der Waals surface area contributed by atoms with Crippen molar-refractivity contribution in [2.75, 3.05) is 31.8 Å². The summed E-state index contributed by atoms with van der Waals surface area (Å²) < 4.78 is 15.6.